The lowest BCUT2D eigenvalue weighted by atomic mass is 10.2. The molecule has 0 aliphatic heterocycles. The molecule has 1 heterocycles. The van der Waals surface area contributed by atoms with Crippen LogP contribution < -0.4 is 4.72 Å². The lowest BCUT2D eigenvalue weighted by Crippen LogP contribution is -2.14. The number of sulfonamides is 1. The first kappa shape index (κ1) is 18.0. The van der Waals surface area contributed by atoms with E-state index in [1.54, 1.807) is 42.2 Å². The van der Waals surface area contributed by atoms with Gasteiger partial charge in [0, 0.05) is 27.2 Å². The van der Waals surface area contributed by atoms with Gasteiger partial charge in [-0.1, -0.05) is 12.1 Å². The van der Waals surface area contributed by atoms with Crippen LogP contribution in [0.3, 0.4) is 0 Å². The Labute approximate surface area is 160 Å². The summed E-state index contributed by atoms with van der Waals surface area (Å²) >= 11 is 6.18. The first-order chi connectivity index (χ1) is 11.8. The maximum absolute atomic E-state index is 13.4. The second-order valence-electron chi connectivity index (χ2n) is 5.15. The van der Waals surface area contributed by atoms with Crippen molar-refractivity contribution in [3.8, 4) is 11.4 Å². The minimum Gasteiger partial charge on any atom is -0.317 e. The quantitative estimate of drug-likeness (QED) is 0.602. The maximum Gasteiger partial charge on any atom is 0.264 e. The van der Waals surface area contributed by atoms with Crippen molar-refractivity contribution in [2.75, 3.05) is 4.72 Å². The molecular weight excluding hydrogens is 479 g/mol. The molecule has 0 saturated carbocycles. The van der Waals surface area contributed by atoms with Gasteiger partial charge in [0.15, 0.2) is 5.82 Å². The summed E-state index contributed by atoms with van der Waals surface area (Å²) in [5.74, 6) is 0.0483. The molecule has 130 valence electrons. The van der Waals surface area contributed by atoms with Gasteiger partial charge in [-0.15, -0.1) is 10.2 Å². The largest absolute Gasteiger partial charge is 0.317 e. The van der Waals surface area contributed by atoms with Crippen LogP contribution in [0.1, 0.15) is 0 Å². The normalized spacial score (nSPS) is 11.5. The van der Waals surface area contributed by atoms with Gasteiger partial charge in [0.1, 0.15) is 17.0 Å². The van der Waals surface area contributed by atoms with E-state index in [9.17, 15) is 12.8 Å². The Kier molecular flexibility index (Phi) is 4.94. The van der Waals surface area contributed by atoms with Crippen molar-refractivity contribution in [2.24, 2.45) is 7.05 Å². The van der Waals surface area contributed by atoms with Gasteiger partial charge in [0.25, 0.3) is 10.0 Å². The number of benzene rings is 2. The summed E-state index contributed by atoms with van der Waals surface area (Å²) in [6.07, 6.45) is 1.55. The van der Waals surface area contributed by atoms with Gasteiger partial charge in [-0.25, -0.2) is 12.8 Å². The van der Waals surface area contributed by atoms with Crippen molar-refractivity contribution in [2.45, 2.75) is 4.90 Å². The molecule has 10 heteroatoms. The molecule has 3 aromatic rings. The van der Waals surface area contributed by atoms with Crippen LogP contribution in [0.25, 0.3) is 11.4 Å². The van der Waals surface area contributed by atoms with Gasteiger partial charge in [-0.05, 0) is 56.1 Å². The minimum atomic E-state index is -3.94. The third-order valence-electron chi connectivity index (χ3n) is 3.32. The molecule has 0 aliphatic carbocycles. The lowest BCUT2D eigenvalue weighted by molar-refractivity contribution is 0.598. The van der Waals surface area contributed by atoms with E-state index in [0.717, 1.165) is 12.1 Å². The van der Waals surface area contributed by atoms with Crippen LogP contribution in [0.5, 0.6) is 0 Å². The zero-order valence-electron chi connectivity index (χ0n) is 12.7. The third kappa shape index (κ3) is 3.75. The molecule has 0 saturated heterocycles. The molecule has 0 bridgehead atoms. The van der Waals surface area contributed by atoms with Gasteiger partial charge >= 0.3 is 0 Å². The van der Waals surface area contributed by atoms with Crippen LogP contribution >= 0.6 is 31.9 Å². The number of nitrogens with one attached hydrogen (secondary N) is 1. The Bertz CT molecular complexity index is 1030. The SMILES string of the molecule is Cn1cnnc1-c1cccc(NS(=O)(=O)c2c(Br)cc(F)cc2Br)c1. The molecule has 0 fully saturated rings. The van der Waals surface area contributed by atoms with Gasteiger partial charge in [0.05, 0.1) is 0 Å². The van der Waals surface area contributed by atoms with Crippen LogP contribution in [-0.4, -0.2) is 23.2 Å². The van der Waals surface area contributed by atoms with E-state index in [4.69, 9.17) is 0 Å². The van der Waals surface area contributed by atoms with Crippen LogP contribution in [-0.2, 0) is 17.1 Å². The standard InChI is InChI=1S/C15H11Br2FN4O2S/c1-22-8-19-20-15(22)9-3-2-4-11(5-9)21-25(23,24)14-12(16)6-10(18)7-13(14)17/h2-8,21H,1H3. The number of nitrogens with zero attached hydrogens (tertiary/aromatic N) is 3. The molecule has 1 N–H and O–H groups in total. The summed E-state index contributed by atoms with van der Waals surface area (Å²) in [6, 6.07) is 8.95. The summed E-state index contributed by atoms with van der Waals surface area (Å²) in [5, 5.41) is 7.81. The van der Waals surface area contributed by atoms with Crippen molar-refractivity contribution >= 4 is 47.6 Å². The predicted molar refractivity (Wildman–Crippen MR) is 99.0 cm³/mol. The highest BCUT2D eigenvalue weighted by Gasteiger charge is 2.22. The molecule has 0 atom stereocenters. The number of aryl methyl sites for hydroxylation is 1. The topological polar surface area (TPSA) is 76.9 Å². The van der Waals surface area contributed by atoms with Gasteiger partial charge in [-0.2, -0.15) is 0 Å². The first-order valence-electron chi connectivity index (χ1n) is 6.90. The van der Waals surface area contributed by atoms with Crippen molar-refractivity contribution in [3.63, 3.8) is 0 Å². The van der Waals surface area contributed by atoms with Crippen LogP contribution in [0, 0.1) is 5.82 Å². The minimum absolute atomic E-state index is 0.0852. The molecule has 0 aliphatic rings. The Morgan fingerprint density at radius 2 is 1.84 bits per heavy atom. The fraction of sp³-hybridized carbons (Fsp3) is 0.0667. The Hall–Kier alpha value is -1.78. The average molecular weight is 490 g/mol. The second kappa shape index (κ2) is 6.85. The predicted octanol–water partition coefficient (Wildman–Crippen LogP) is 3.95. The summed E-state index contributed by atoms with van der Waals surface area (Å²) < 4.78 is 43.2. The summed E-state index contributed by atoms with van der Waals surface area (Å²) in [4.78, 5) is -0.0852. The fourth-order valence-corrected chi connectivity index (χ4v) is 5.84. The lowest BCUT2D eigenvalue weighted by Gasteiger charge is -2.12. The van der Waals surface area contributed by atoms with Gasteiger partial charge in [0.2, 0.25) is 0 Å². The van der Waals surface area contributed by atoms with E-state index < -0.39 is 15.8 Å². The van der Waals surface area contributed by atoms with Gasteiger partial charge < -0.3 is 4.57 Å². The zero-order chi connectivity index (χ0) is 18.2. The van der Waals surface area contributed by atoms with E-state index >= 15 is 0 Å². The summed E-state index contributed by atoms with van der Waals surface area (Å²) in [7, 11) is -2.15. The number of aromatic nitrogens is 3. The van der Waals surface area contributed by atoms with E-state index in [0.29, 0.717) is 17.1 Å². The second-order valence-corrected chi connectivity index (χ2v) is 8.48. The highest BCUT2D eigenvalue weighted by atomic mass is 79.9. The zero-order valence-corrected chi connectivity index (χ0v) is 16.7. The highest BCUT2D eigenvalue weighted by Crippen LogP contribution is 2.32. The molecule has 2 aromatic carbocycles. The third-order valence-corrected chi connectivity index (χ3v) is 6.57. The van der Waals surface area contributed by atoms with Crippen molar-refractivity contribution < 1.29 is 12.8 Å². The van der Waals surface area contributed by atoms with E-state index in [1.807, 2.05) is 0 Å². The molecular formula is C15H11Br2FN4O2S. The smallest absolute Gasteiger partial charge is 0.264 e. The van der Waals surface area contributed by atoms with E-state index in [2.05, 4.69) is 46.8 Å². The van der Waals surface area contributed by atoms with Crippen LogP contribution in [0.4, 0.5) is 10.1 Å². The van der Waals surface area contributed by atoms with Crippen molar-refractivity contribution in [1.82, 2.24) is 14.8 Å². The molecule has 0 unspecified atom stereocenters. The van der Waals surface area contributed by atoms with E-state index in [1.165, 1.54) is 0 Å². The van der Waals surface area contributed by atoms with Crippen molar-refractivity contribution in [3.05, 3.63) is 57.5 Å². The number of anilines is 1. The van der Waals surface area contributed by atoms with Crippen LogP contribution in [0.15, 0.2) is 56.6 Å². The Balaban J connectivity index is 1.99. The monoisotopic (exact) mass is 488 g/mol. The highest BCUT2D eigenvalue weighted by molar-refractivity contribution is 9.11. The maximum atomic E-state index is 13.4. The molecule has 1 aromatic heterocycles. The molecule has 25 heavy (non-hydrogen) atoms. The first-order valence-corrected chi connectivity index (χ1v) is 9.96. The number of hydrogen-bond donors (Lipinski definition) is 1. The molecule has 0 spiro atoms. The molecule has 3 rings (SSSR count). The number of rotatable bonds is 4. The summed E-state index contributed by atoms with van der Waals surface area (Å²) in [5.41, 5.74) is 1.06. The average Bonchev–Trinajstić information content (AvgIpc) is 2.91. The van der Waals surface area contributed by atoms with Crippen LogP contribution in [0.2, 0.25) is 0 Å². The van der Waals surface area contributed by atoms with E-state index in [-0.39, 0.29) is 13.8 Å². The number of halogens is 3. The molecule has 0 amide bonds. The number of hydrogen-bond acceptors (Lipinski definition) is 4. The Morgan fingerprint density at radius 3 is 2.44 bits per heavy atom. The summed E-state index contributed by atoms with van der Waals surface area (Å²) in [6.45, 7) is 0. The van der Waals surface area contributed by atoms with Gasteiger partial charge in [-0.3, -0.25) is 4.72 Å². The molecule has 0 radical (unpaired) electrons. The molecule has 6 nitrogen and oxygen atoms in total. The fourth-order valence-electron chi connectivity index (χ4n) is 2.26. The van der Waals surface area contributed by atoms with Crippen molar-refractivity contribution in [1.29, 1.82) is 0 Å². The Morgan fingerprint density at radius 1 is 1.16 bits per heavy atom.